The Kier molecular flexibility index (Phi) is 3.63. The first-order valence-electron chi connectivity index (χ1n) is 5.50. The fourth-order valence-electron chi connectivity index (χ4n) is 1.66. The molecular weight excluding hydrogens is 315 g/mol. The Morgan fingerprint density at radius 1 is 1.38 bits per heavy atom. The van der Waals surface area contributed by atoms with Crippen molar-refractivity contribution in [3.8, 4) is 0 Å². The van der Waals surface area contributed by atoms with Crippen molar-refractivity contribution in [1.82, 2.24) is 14.9 Å². The van der Waals surface area contributed by atoms with E-state index in [9.17, 15) is 0 Å². The molecule has 1 N–H and O–H groups in total. The summed E-state index contributed by atoms with van der Waals surface area (Å²) in [4.78, 5) is 11.3. The third-order valence-electron chi connectivity index (χ3n) is 2.58. The molecule has 0 unspecified atom stereocenters. The van der Waals surface area contributed by atoms with Gasteiger partial charge in [-0.05, 0) is 49.5 Å². The predicted molar refractivity (Wildman–Crippen MR) is 73.7 cm³/mol. The summed E-state index contributed by atoms with van der Waals surface area (Å²) in [6.45, 7) is 0.797. The number of rotatable bonds is 4. The number of halogens is 1. The number of hydrogen-bond acceptors (Lipinski definition) is 4. The van der Waals surface area contributed by atoms with Gasteiger partial charge in [-0.1, -0.05) is 0 Å². The Morgan fingerprint density at radius 3 is 2.56 bits per heavy atom. The van der Waals surface area contributed by atoms with Crippen LogP contribution in [0.15, 0.2) is 0 Å². The van der Waals surface area contributed by atoms with Gasteiger partial charge >= 0.3 is 0 Å². The molecule has 0 aromatic carbocycles. The predicted octanol–water partition coefficient (Wildman–Crippen LogP) is 2.06. The Morgan fingerprint density at radius 2 is 2.06 bits per heavy atom. The third kappa shape index (κ3) is 2.63. The first kappa shape index (κ1) is 12.0. The minimum absolute atomic E-state index is 0.669. The maximum atomic E-state index is 4.68. The molecule has 1 aromatic rings. The second kappa shape index (κ2) is 4.83. The van der Waals surface area contributed by atoms with Crippen molar-refractivity contribution < 1.29 is 0 Å². The Hall–Kier alpha value is -0.430. The zero-order valence-corrected chi connectivity index (χ0v) is 12.1. The van der Waals surface area contributed by atoms with Gasteiger partial charge in [-0.15, -0.1) is 0 Å². The van der Waals surface area contributed by atoms with E-state index in [0.717, 1.165) is 18.2 Å². The number of hydrogen-bond donors (Lipinski definition) is 1. The highest BCUT2D eigenvalue weighted by Crippen LogP contribution is 2.42. The van der Waals surface area contributed by atoms with Gasteiger partial charge in [0.15, 0.2) is 0 Å². The normalized spacial score (nSPS) is 15.6. The van der Waals surface area contributed by atoms with E-state index in [0.29, 0.717) is 5.92 Å². The van der Waals surface area contributed by atoms with Crippen LogP contribution in [0.4, 0.5) is 5.82 Å². The number of aromatic nitrogens is 2. The topological polar surface area (TPSA) is 41.1 Å². The lowest BCUT2D eigenvalue weighted by Gasteiger charge is -2.13. The molecule has 0 atom stereocenters. The summed E-state index contributed by atoms with van der Waals surface area (Å²) in [5, 5.41) is 3.15. The molecule has 1 aromatic heterocycles. The Bertz CT molecular complexity index is 388. The second-order valence-electron chi connectivity index (χ2n) is 4.45. The van der Waals surface area contributed by atoms with E-state index >= 15 is 0 Å². The molecule has 16 heavy (non-hydrogen) atoms. The maximum absolute atomic E-state index is 4.68. The molecular formula is C11H17IN4. The van der Waals surface area contributed by atoms with Crippen LogP contribution in [0.5, 0.6) is 0 Å². The highest BCUT2D eigenvalue weighted by atomic mass is 127. The van der Waals surface area contributed by atoms with E-state index in [1.54, 1.807) is 0 Å². The van der Waals surface area contributed by atoms with E-state index in [1.807, 2.05) is 21.1 Å². The third-order valence-corrected chi connectivity index (χ3v) is 3.65. The summed E-state index contributed by atoms with van der Waals surface area (Å²) in [7, 11) is 5.99. The summed E-state index contributed by atoms with van der Waals surface area (Å²) in [6, 6.07) is 0. The molecule has 0 aliphatic heterocycles. The van der Waals surface area contributed by atoms with Crippen LogP contribution in [0.2, 0.25) is 0 Å². The summed E-state index contributed by atoms with van der Waals surface area (Å²) in [6.07, 6.45) is 2.55. The molecule has 4 nitrogen and oxygen atoms in total. The van der Waals surface area contributed by atoms with E-state index in [-0.39, 0.29) is 0 Å². The average Bonchev–Trinajstić information content (AvgIpc) is 3.03. The largest absolute Gasteiger partial charge is 0.372 e. The number of nitrogens with zero attached hydrogens (tertiary/aromatic N) is 3. The van der Waals surface area contributed by atoms with Gasteiger partial charge < -0.3 is 10.2 Å². The molecule has 0 radical (unpaired) electrons. The average molecular weight is 332 g/mol. The summed E-state index contributed by atoms with van der Waals surface area (Å²) < 4.78 is 1.19. The van der Waals surface area contributed by atoms with Gasteiger partial charge in [0.25, 0.3) is 0 Å². The standard InChI is InChI=1S/C11H17IN4/c1-13-11-9(12)10(7-4-5-7)14-8(15-11)6-16(2)3/h7H,4-6H2,1-3H3,(H,13,14,15). The molecule has 1 saturated carbocycles. The highest BCUT2D eigenvalue weighted by Gasteiger charge is 2.29. The molecule has 0 amide bonds. The van der Waals surface area contributed by atoms with Crippen molar-refractivity contribution in [2.75, 3.05) is 26.5 Å². The maximum Gasteiger partial charge on any atom is 0.145 e. The van der Waals surface area contributed by atoms with Crippen molar-refractivity contribution in [1.29, 1.82) is 0 Å². The molecule has 88 valence electrons. The van der Waals surface area contributed by atoms with Gasteiger partial charge in [0.1, 0.15) is 11.6 Å². The van der Waals surface area contributed by atoms with Gasteiger partial charge in [0.05, 0.1) is 15.8 Å². The fraction of sp³-hybridized carbons (Fsp3) is 0.636. The van der Waals surface area contributed by atoms with Crippen molar-refractivity contribution >= 4 is 28.4 Å². The van der Waals surface area contributed by atoms with Gasteiger partial charge in [-0.2, -0.15) is 0 Å². The molecule has 1 heterocycles. The quantitative estimate of drug-likeness (QED) is 0.857. The molecule has 0 saturated heterocycles. The number of nitrogens with one attached hydrogen (secondary N) is 1. The van der Waals surface area contributed by atoms with Crippen LogP contribution in [0.1, 0.15) is 30.3 Å². The van der Waals surface area contributed by atoms with Gasteiger partial charge in [0, 0.05) is 13.0 Å². The lowest BCUT2D eigenvalue weighted by molar-refractivity contribution is 0.389. The fourth-order valence-corrected chi connectivity index (χ4v) is 2.61. The molecule has 5 heteroatoms. The first-order chi connectivity index (χ1) is 7.61. The SMILES string of the molecule is CNc1nc(CN(C)C)nc(C2CC2)c1I. The monoisotopic (exact) mass is 332 g/mol. The van der Waals surface area contributed by atoms with E-state index in [4.69, 9.17) is 0 Å². The molecule has 1 fully saturated rings. The Labute approximate surface area is 110 Å². The van der Waals surface area contributed by atoms with Crippen LogP contribution in [0, 0.1) is 3.57 Å². The van der Waals surface area contributed by atoms with Gasteiger partial charge in [-0.25, -0.2) is 9.97 Å². The molecule has 1 aliphatic rings. The van der Waals surface area contributed by atoms with Crippen LogP contribution in [0.3, 0.4) is 0 Å². The second-order valence-corrected chi connectivity index (χ2v) is 5.53. The summed E-state index contributed by atoms with van der Waals surface area (Å²) in [5.74, 6) is 2.55. The van der Waals surface area contributed by atoms with E-state index < -0.39 is 0 Å². The van der Waals surface area contributed by atoms with Crippen LogP contribution in [-0.2, 0) is 6.54 Å². The first-order valence-corrected chi connectivity index (χ1v) is 6.58. The lowest BCUT2D eigenvalue weighted by atomic mass is 10.2. The minimum Gasteiger partial charge on any atom is -0.372 e. The van der Waals surface area contributed by atoms with Crippen molar-refractivity contribution in [3.63, 3.8) is 0 Å². The Balaban J connectivity index is 2.35. The van der Waals surface area contributed by atoms with Crippen LogP contribution in [-0.4, -0.2) is 36.0 Å². The zero-order valence-electron chi connectivity index (χ0n) is 9.92. The van der Waals surface area contributed by atoms with Gasteiger partial charge in [0.2, 0.25) is 0 Å². The van der Waals surface area contributed by atoms with Crippen LogP contribution >= 0.6 is 22.6 Å². The molecule has 0 bridgehead atoms. The number of anilines is 1. The minimum atomic E-state index is 0.669. The molecule has 0 spiro atoms. The lowest BCUT2D eigenvalue weighted by Crippen LogP contribution is -2.16. The van der Waals surface area contributed by atoms with Crippen LogP contribution < -0.4 is 5.32 Å². The molecule has 2 rings (SSSR count). The van der Waals surface area contributed by atoms with E-state index in [2.05, 4.69) is 42.8 Å². The van der Waals surface area contributed by atoms with Crippen molar-refractivity contribution in [2.24, 2.45) is 0 Å². The summed E-state index contributed by atoms with van der Waals surface area (Å²) in [5.41, 5.74) is 1.23. The summed E-state index contributed by atoms with van der Waals surface area (Å²) >= 11 is 2.35. The van der Waals surface area contributed by atoms with Crippen molar-refractivity contribution in [2.45, 2.75) is 25.3 Å². The van der Waals surface area contributed by atoms with E-state index in [1.165, 1.54) is 22.1 Å². The molecule has 1 aliphatic carbocycles. The van der Waals surface area contributed by atoms with Crippen molar-refractivity contribution in [3.05, 3.63) is 15.1 Å². The zero-order chi connectivity index (χ0) is 11.7. The van der Waals surface area contributed by atoms with Crippen LogP contribution in [0.25, 0.3) is 0 Å². The smallest absolute Gasteiger partial charge is 0.145 e. The van der Waals surface area contributed by atoms with Gasteiger partial charge in [-0.3, -0.25) is 0 Å². The highest BCUT2D eigenvalue weighted by molar-refractivity contribution is 14.1.